The summed E-state index contributed by atoms with van der Waals surface area (Å²) in [4.78, 5) is 17.3. The molecule has 1 N–H and O–H groups in total. The van der Waals surface area contributed by atoms with Crippen LogP contribution in [-0.4, -0.2) is 38.1 Å². The summed E-state index contributed by atoms with van der Waals surface area (Å²) in [7, 11) is 0. The van der Waals surface area contributed by atoms with Crippen LogP contribution in [0.2, 0.25) is 0 Å². The number of nitrogens with one attached hydrogen (secondary N) is 1. The number of fused-ring (bicyclic) bond motifs is 2. The minimum atomic E-state index is -0.441. The predicted octanol–water partition coefficient (Wildman–Crippen LogP) is 5.70. The lowest BCUT2D eigenvalue weighted by molar-refractivity contribution is -0.114. The fourth-order valence-electron chi connectivity index (χ4n) is 4.51. The molecule has 37 heavy (non-hydrogen) atoms. The third kappa shape index (κ3) is 4.36. The quantitative estimate of drug-likeness (QED) is 0.341. The second-order valence-electron chi connectivity index (χ2n) is 8.70. The molecule has 182 valence electrons. The second-order valence-corrected chi connectivity index (χ2v) is 9.74. The molecule has 0 bridgehead atoms. The summed E-state index contributed by atoms with van der Waals surface area (Å²) in [5.41, 5.74) is 4.40. The van der Waals surface area contributed by atoms with Crippen molar-refractivity contribution in [3.8, 4) is 5.75 Å². The Balaban J connectivity index is 1.32. The van der Waals surface area contributed by atoms with Crippen LogP contribution >= 0.6 is 11.8 Å². The number of benzene rings is 3. The van der Waals surface area contributed by atoms with E-state index >= 15 is 0 Å². The lowest BCUT2D eigenvalue weighted by Crippen LogP contribution is -2.35. The fourth-order valence-corrected chi connectivity index (χ4v) is 5.30. The van der Waals surface area contributed by atoms with Crippen LogP contribution in [0.3, 0.4) is 0 Å². The molecule has 0 saturated carbocycles. The average molecular weight is 506 g/mol. The van der Waals surface area contributed by atoms with Crippen LogP contribution in [0.25, 0.3) is 17.0 Å². The summed E-state index contributed by atoms with van der Waals surface area (Å²) in [5, 5.41) is 16.8. The van der Waals surface area contributed by atoms with E-state index in [1.165, 1.54) is 22.3 Å². The SMILES string of the molecule is Cc1c(C=C2C(=N)N3N=C(COc4ccccc4)SC3=NC2=O)c2ccccc2n1Cc1ccccc1. The molecule has 3 aromatic carbocycles. The fraction of sp³-hybridized carbons (Fsp3) is 0.103. The Kier molecular flexibility index (Phi) is 5.94. The molecule has 0 atom stereocenters. The Labute approximate surface area is 218 Å². The topological polar surface area (TPSA) is 83.0 Å². The molecular formula is C29H23N5O2S. The zero-order valence-electron chi connectivity index (χ0n) is 20.1. The van der Waals surface area contributed by atoms with Gasteiger partial charge in [0.05, 0.1) is 5.57 Å². The van der Waals surface area contributed by atoms with E-state index in [1.807, 2.05) is 73.7 Å². The van der Waals surface area contributed by atoms with Gasteiger partial charge in [0.2, 0.25) is 5.17 Å². The monoisotopic (exact) mass is 505 g/mol. The molecule has 1 aromatic heterocycles. The van der Waals surface area contributed by atoms with Gasteiger partial charge in [-0.2, -0.15) is 15.1 Å². The second kappa shape index (κ2) is 9.55. The number of carbonyl (C=O) groups excluding carboxylic acids is 1. The van der Waals surface area contributed by atoms with Gasteiger partial charge >= 0.3 is 0 Å². The van der Waals surface area contributed by atoms with Crippen LogP contribution in [0, 0.1) is 12.3 Å². The van der Waals surface area contributed by atoms with Gasteiger partial charge in [-0.15, -0.1) is 0 Å². The zero-order valence-corrected chi connectivity index (χ0v) is 20.9. The van der Waals surface area contributed by atoms with Crippen molar-refractivity contribution in [2.75, 3.05) is 6.61 Å². The Morgan fingerprint density at radius 3 is 2.46 bits per heavy atom. The van der Waals surface area contributed by atoms with E-state index in [0.717, 1.165) is 27.9 Å². The van der Waals surface area contributed by atoms with Crippen LogP contribution in [-0.2, 0) is 11.3 Å². The van der Waals surface area contributed by atoms with Crippen LogP contribution in [0.15, 0.2) is 101 Å². The van der Waals surface area contributed by atoms with E-state index in [2.05, 4.69) is 32.9 Å². The van der Waals surface area contributed by atoms with Crippen molar-refractivity contribution in [3.05, 3.63) is 107 Å². The van der Waals surface area contributed by atoms with Crippen molar-refractivity contribution >= 4 is 50.7 Å². The summed E-state index contributed by atoms with van der Waals surface area (Å²) in [6, 6.07) is 27.9. The lowest BCUT2D eigenvalue weighted by Gasteiger charge is -2.20. The lowest BCUT2D eigenvalue weighted by atomic mass is 10.1. The smallest absolute Gasteiger partial charge is 0.283 e. The molecule has 0 saturated heterocycles. The molecule has 0 aliphatic carbocycles. The summed E-state index contributed by atoms with van der Waals surface area (Å²) >= 11 is 1.25. The normalized spacial score (nSPS) is 16.2. The van der Waals surface area contributed by atoms with Crippen LogP contribution < -0.4 is 4.74 Å². The van der Waals surface area contributed by atoms with Crippen molar-refractivity contribution in [2.45, 2.75) is 13.5 Å². The average Bonchev–Trinajstić information content (AvgIpc) is 3.45. The Bertz CT molecular complexity index is 1620. The Hall–Kier alpha value is -4.43. The van der Waals surface area contributed by atoms with Crippen molar-refractivity contribution in [1.82, 2.24) is 9.58 Å². The standard InChI is InChI=1S/C29H23N5O2S/c1-19-23(22-14-8-9-15-25(22)33(19)17-20-10-4-2-5-11-20)16-24-27(30)34-29(31-28(24)35)37-26(32-34)18-36-21-12-6-3-7-13-21/h2-16,30H,17-18H2,1H3. The largest absolute Gasteiger partial charge is 0.487 e. The first-order valence-electron chi connectivity index (χ1n) is 11.9. The molecule has 6 rings (SSSR count). The van der Waals surface area contributed by atoms with Gasteiger partial charge in [-0.05, 0) is 48.5 Å². The van der Waals surface area contributed by atoms with E-state index in [4.69, 9.17) is 10.1 Å². The number of aliphatic imine (C=N–C) groups is 1. The number of thioether (sulfide) groups is 1. The highest BCUT2D eigenvalue weighted by atomic mass is 32.2. The Morgan fingerprint density at radius 2 is 1.68 bits per heavy atom. The van der Waals surface area contributed by atoms with Crippen molar-refractivity contribution < 1.29 is 9.53 Å². The molecule has 2 aliphatic heterocycles. The number of carbonyl (C=O) groups is 1. The number of nitrogens with zero attached hydrogens (tertiary/aromatic N) is 4. The van der Waals surface area contributed by atoms with Gasteiger partial charge in [-0.1, -0.05) is 66.7 Å². The van der Waals surface area contributed by atoms with Gasteiger partial charge in [0.1, 0.15) is 17.4 Å². The molecule has 2 aliphatic rings. The molecule has 0 unspecified atom stereocenters. The summed E-state index contributed by atoms with van der Waals surface area (Å²) in [6.45, 7) is 2.99. The summed E-state index contributed by atoms with van der Waals surface area (Å²) in [6.07, 6.45) is 1.78. The number of hydrogen-bond acceptors (Lipinski definition) is 5. The first-order chi connectivity index (χ1) is 18.1. The van der Waals surface area contributed by atoms with Crippen molar-refractivity contribution in [1.29, 1.82) is 5.41 Å². The number of ether oxygens (including phenoxy) is 1. The van der Waals surface area contributed by atoms with Gasteiger partial charge in [-0.3, -0.25) is 10.2 Å². The molecule has 0 radical (unpaired) electrons. The number of amidine groups is 2. The van der Waals surface area contributed by atoms with E-state index < -0.39 is 5.91 Å². The zero-order chi connectivity index (χ0) is 25.4. The molecule has 8 heteroatoms. The predicted molar refractivity (Wildman–Crippen MR) is 149 cm³/mol. The highest BCUT2D eigenvalue weighted by Crippen LogP contribution is 2.32. The third-order valence-corrected chi connectivity index (χ3v) is 7.24. The van der Waals surface area contributed by atoms with E-state index in [-0.39, 0.29) is 18.0 Å². The highest BCUT2D eigenvalue weighted by Gasteiger charge is 2.36. The maximum Gasteiger partial charge on any atom is 0.283 e. The van der Waals surface area contributed by atoms with E-state index in [0.29, 0.717) is 16.8 Å². The minimum Gasteiger partial charge on any atom is -0.487 e. The third-order valence-electron chi connectivity index (χ3n) is 6.35. The van der Waals surface area contributed by atoms with Crippen LogP contribution in [0.5, 0.6) is 5.75 Å². The first kappa shape index (κ1) is 23.0. The van der Waals surface area contributed by atoms with Crippen molar-refractivity contribution in [2.24, 2.45) is 10.1 Å². The number of amides is 1. The molecule has 1 amide bonds. The van der Waals surface area contributed by atoms with Crippen molar-refractivity contribution in [3.63, 3.8) is 0 Å². The molecule has 7 nitrogen and oxygen atoms in total. The van der Waals surface area contributed by atoms with Gasteiger partial charge in [0.15, 0.2) is 5.84 Å². The molecule has 0 fully saturated rings. The Morgan fingerprint density at radius 1 is 0.973 bits per heavy atom. The number of hydrogen-bond donors (Lipinski definition) is 1. The number of rotatable bonds is 6. The minimum absolute atomic E-state index is 0.0106. The van der Waals surface area contributed by atoms with Crippen LogP contribution in [0.4, 0.5) is 0 Å². The van der Waals surface area contributed by atoms with Gasteiger partial charge in [0.25, 0.3) is 5.91 Å². The van der Waals surface area contributed by atoms with E-state index in [1.54, 1.807) is 6.08 Å². The number of hydrazone groups is 1. The molecular weight excluding hydrogens is 482 g/mol. The molecule has 0 spiro atoms. The molecule has 3 heterocycles. The van der Waals surface area contributed by atoms with Gasteiger partial charge in [0, 0.05) is 28.7 Å². The summed E-state index contributed by atoms with van der Waals surface area (Å²) < 4.78 is 8.03. The molecule has 4 aromatic rings. The number of aromatic nitrogens is 1. The van der Waals surface area contributed by atoms with Gasteiger partial charge in [-0.25, -0.2) is 0 Å². The maximum atomic E-state index is 13.1. The van der Waals surface area contributed by atoms with Gasteiger partial charge < -0.3 is 9.30 Å². The first-order valence-corrected chi connectivity index (χ1v) is 12.7. The van der Waals surface area contributed by atoms with E-state index in [9.17, 15) is 4.79 Å². The highest BCUT2D eigenvalue weighted by molar-refractivity contribution is 8.27. The summed E-state index contributed by atoms with van der Waals surface area (Å²) in [5.74, 6) is 0.298. The van der Waals surface area contributed by atoms with Crippen LogP contribution in [0.1, 0.15) is 16.8 Å². The number of para-hydroxylation sites is 2. The maximum absolute atomic E-state index is 13.1.